The number of amides is 1. The number of fused-ring (bicyclic) bond motifs is 1. The summed E-state index contributed by atoms with van der Waals surface area (Å²) in [6.07, 6.45) is 0. The molecule has 0 saturated heterocycles. The highest BCUT2D eigenvalue weighted by Gasteiger charge is 2.21. The summed E-state index contributed by atoms with van der Waals surface area (Å²) in [6, 6.07) is 31.3. The van der Waals surface area contributed by atoms with Crippen LogP contribution in [0.2, 0.25) is 0 Å². The van der Waals surface area contributed by atoms with E-state index < -0.39 is 15.9 Å². The van der Waals surface area contributed by atoms with E-state index in [1.165, 1.54) is 12.1 Å². The van der Waals surface area contributed by atoms with Gasteiger partial charge in [0.2, 0.25) is 0 Å². The normalized spacial score (nSPS) is 11.4. The highest BCUT2D eigenvalue weighted by atomic mass is 32.2. The lowest BCUT2D eigenvalue weighted by Crippen LogP contribution is -2.30. The number of hydrogen-bond donors (Lipinski definition) is 2. The van der Waals surface area contributed by atoms with Crippen molar-refractivity contribution in [3.63, 3.8) is 0 Å². The van der Waals surface area contributed by atoms with Crippen molar-refractivity contribution in [2.75, 3.05) is 0 Å². The van der Waals surface area contributed by atoms with Gasteiger partial charge in [-0.1, -0.05) is 78.9 Å². The summed E-state index contributed by atoms with van der Waals surface area (Å²) in [5, 5.41) is 0. The first-order chi connectivity index (χ1) is 16.9. The molecule has 5 rings (SSSR count). The Morgan fingerprint density at radius 3 is 2.11 bits per heavy atom. The molecule has 0 aliphatic rings. The van der Waals surface area contributed by atoms with Gasteiger partial charge in [0.25, 0.3) is 15.9 Å². The number of H-pyrrole nitrogens is 1. The van der Waals surface area contributed by atoms with Crippen LogP contribution in [-0.2, 0) is 16.6 Å². The number of benzene rings is 4. The van der Waals surface area contributed by atoms with Crippen LogP contribution >= 0.6 is 12.2 Å². The fourth-order valence-electron chi connectivity index (χ4n) is 3.98. The van der Waals surface area contributed by atoms with Gasteiger partial charge in [-0.05, 0) is 53.2 Å². The van der Waals surface area contributed by atoms with Gasteiger partial charge < -0.3 is 9.55 Å². The number of nitrogens with one attached hydrogen (secondary N) is 2. The van der Waals surface area contributed by atoms with Gasteiger partial charge >= 0.3 is 0 Å². The van der Waals surface area contributed by atoms with Crippen LogP contribution in [0.1, 0.15) is 15.9 Å². The average Bonchev–Trinajstić information content (AvgIpc) is 3.20. The van der Waals surface area contributed by atoms with Crippen molar-refractivity contribution in [1.29, 1.82) is 0 Å². The number of carbonyl (C=O) groups excluding carboxylic acids is 1. The Morgan fingerprint density at radius 1 is 0.800 bits per heavy atom. The van der Waals surface area contributed by atoms with Crippen LogP contribution in [0.15, 0.2) is 108 Å². The third kappa shape index (κ3) is 4.66. The first-order valence-corrected chi connectivity index (χ1v) is 12.8. The quantitative estimate of drug-likeness (QED) is 0.301. The molecule has 6 nitrogen and oxygen atoms in total. The molecule has 2 N–H and O–H groups in total. The average molecular weight is 500 g/mol. The molecule has 1 heterocycles. The predicted octanol–water partition coefficient (Wildman–Crippen LogP) is 5.53. The van der Waals surface area contributed by atoms with Gasteiger partial charge in [-0.15, -0.1) is 0 Å². The molecule has 0 saturated carbocycles. The van der Waals surface area contributed by atoms with E-state index >= 15 is 0 Å². The number of imidazole rings is 1. The Balaban J connectivity index is 1.44. The molecule has 4 aromatic carbocycles. The number of carbonyl (C=O) groups is 1. The Kier molecular flexibility index (Phi) is 6.07. The monoisotopic (exact) mass is 499 g/mol. The number of aromatic nitrogens is 2. The molecule has 0 fully saturated rings. The van der Waals surface area contributed by atoms with Crippen molar-refractivity contribution in [2.45, 2.75) is 11.4 Å². The van der Waals surface area contributed by atoms with E-state index in [1.807, 2.05) is 41.0 Å². The number of sulfonamides is 1. The molecule has 174 valence electrons. The summed E-state index contributed by atoms with van der Waals surface area (Å²) in [6.45, 7) is 0.501. The predicted molar refractivity (Wildman–Crippen MR) is 139 cm³/mol. The number of para-hydroxylation sites is 1. The van der Waals surface area contributed by atoms with Crippen molar-refractivity contribution in [2.24, 2.45) is 0 Å². The van der Waals surface area contributed by atoms with E-state index in [-0.39, 0.29) is 10.5 Å². The lowest BCUT2D eigenvalue weighted by Gasteiger charge is -2.09. The fourth-order valence-corrected chi connectivity index (χ4v) is 5.23. The zero-order chi connectivity index (χ0) is 24.4. The SMILES string of the molecule is O=C(NS(=O)(=O)c1ccccc1)c1cccc2c1[nH]c(=S)n2Cc1ccc(-c2ccccc2)cc1. The van der Waals surface area contributed by atoms with E-state index in [0.29, 0.717) is 22.3 Å². The van der Waals surface area contributed by atoms with E-state index in [9.17, 15) is 13.2 Å². The van der Waals surface area contributed by atoms with Gasteiger partial charge in [0.05, 0.1) is 28.0 Å². The zero-order valence-electron chi connectivity index (χ0n) is 18.5. The molecule has 0 aliphatic carbocycles. The Hall–Kier alpha value is -4.01. The third-order valence-corrected chi connectivity index (χ3v) is 7.41. The van der Waals surface area contributed by atoms with Gasteiger partial charge in [0.15, 0.2) is 4.77 Å². The van der Waals surface area contributed by atoms with Gasteiger partial charge in [0, 0.05) is 0 Å². The van der Waals surface area contributed by atoms with Gasteiger partial charge in [0.1, 0.15) is 0 Å². The number of aromatic amines is 1. The number of rotatable bonds is 6. The maximum Gasteiger partial charge on any atom is 0.267 e. The molecule has 0 unspecified atom stereocenters. The van der Waals surface area contributed by atoms with Crippen molar-refractivity contribution in [3.05, 3.63) is 119 Å². The first kappa shape index (κ1) is 22.8. The second-order valence-corrected chi connectivity index (χ2v) is 10.1. The number of hydrogen-bond acceptors (Lipinski definition) is 4. The van der Waals surface area contributed by atoms with Crippen LogP contribution in [0.25, 0.3) is 22.2 Å². The molecule has 5 aromatic rings. The van der Waals surface area contributed by atoms with E-state index in [1.54, 1.807) is 30.3 Å². The van der Waals surface area contributed by atoms with E-state index in [0.717, 1.165) is 16.7 Å². The highest BCUT2D eigenvalue weighted by molar-refractivity contribution is 7.90. The maximum absolute atomic E-state index is 12.9. The molecule has 8 heteroatoms. The van der Waals surface area contributed by atoms with Crippen molar-refractivity contribution in [1.82, 2.24) is 14.3 Å². The van der Waals surface area contributed by atoms with Gasteiger partial charge in [-0.2, -0.15) is 0 Å². The summed E-state index contributed by atoms with van der Waals surface area (Å²) >= 11 is 5.54. The minimum atomic E-state index is -4.00. The minimum absolute atomic E-state index is 0.0185. The van der Waals surface area contributed by atoms with Crippen molar-refractivity contribution in [3.8, 4) is 11.1 Å². The van der Waals surface area contributed by atoms with Crippen molar-refractivity contribution < 1.29 is 13.2 Å². The second kappa shape index (κ2) is 9.32. The molecular weight excluding hydrogens is 478 g/mol. The van der Waals surface area contributed by atoms with Gasteiger partial charge in [-0.25, -0.2) is 13.1 Å². The van der Waals surface area contributed by atoms with E-state index in [4.69, 9.17) is 12.2 Å². The molecule has 1 aromatic heterocycles. The smallest absolute Gasteiger partial charge is 0.267 e. The van der Waals surface area contributed by atoms with Crippen LogP contribution in [0.3, 0.4) is 0 Å². The molecule has 0 bridgehead atoms. The van der Waals surface area contributed by atoms with Gasteiger partial charge in [-0.3, -0.25) is 4.79 Å². The fraction of sp³-hybridized carbons (Fsp3) is 0.0370. The molecule has 0 atom stereocenters. The Labute approximate surface area is 207 Å². The Bertz CT molecular complexity index is 1670. The molecule has 0 radical (unpaired) electrons. The summed E-state index contributed by atoms with van der Waals surface area (Å²) < 4.78 is 29.7. The molecular formula is C27H21N3O3S2. The maximum atomic E-state index is 12.9. The summed E-state index contributed by atoms with van der Waals surface area (Å²) in [4.78, 5) is 16.0. The van der Waals surface area contributed by atoms with E-state index in [2.05, 4.69) is 34.0 Å². The van der Waals surface area contributed by atoms with Crippen LogP contribution in [-0.4, -0.2) is 23.9 Å². The largest absolute Gasteiger partial charge is 0.330 e. The van der Waals surface area contributed by atoms with Crippen LogP contribution < -0.4 is 4.72 Å². The molecule has 35 heavy (non-hydrogen) atoms. The van der Waals surface area contributed by atoms with Crippen LogP contribution in [0.4, 0.5) is 0 Å². The lowest BCUT2D eigenvalue weighted by atomic mass is 10.0. The summed E-state index contributed by atoms with van der Waals surface area (Å²) in [5.74, 6) is -0.727. The Morgan fingerprint density at radius 2 is 1.43 bits per heavy atom. The standard InChI is InChI=1S/C27H21N3O3S2/c31-26(29-35(32,33)22-10-5-2-6-11-22)23-12-7-13-24-25(23)28-27(34)30(24)18-19-14-16-21(17-15-19)20-8-3-1-4-9-20/h1-17H,18H2,(H,28,34)(H,29,31). The zero-order valence-corrected chi connectivity index (χ0v) is 20.1. The third-order valence-electron chi connectivity index (χ3n) is 5.74. The lowest BCUT2D eigenvalue weighted by molar-refractivity contribution is 0.0983. The molecule has 1 amide bonds. The molecule has 0 spiro atoms. The highest BCUT2D eigenvalue weighted by Crippen LogP contribution is 2.23. The second-order valence-electron chi connectivity index (χ2n) is 8.03. The van der Waals surface area contributed by atoms with Crippen LogP contribution in [0, 0.1) is 4.77 Å². The van der Waals surface area contributed by atoms with Crippen LogP contribution in [0.5, 0.6) is 0 Å². The summed E-state index contributed by atoms with van der Waals surface area (Å²) in [7, 11) is -4.00. The first-order valence-electron chi connectivity index (χ1n) is 10.9. The van der Waals surface area contributed by atoms with Crippen molar-refractivity contribution >= 4 is 39.2 Å². The number of nitrogens with zero attached hydrogens (tertiary/aromatic N) is 1. The molecule has 0 aliphatic heterocycles. The summed E-state index contributed by atoms with van der Waals surface area (Å²) in [5.41, 5.74) is 4.71. The minimum Gasteiger partial charge on any atom is -0.330 e. The topological polar surface area (TPSA) is 84.0 Å².